The zero-order chi connectivity index (χ0) is 15.6. The number of aromatic nitrogens is 2. The molecular formula is C14H18N4O3. The Labute approximate surface area is 122 Å². The van der Waals surface area contributed by atoms with Crippen LogP contribution in [0, 0.1) is 0 Å². The van der Waals surface area contributed by atoms with Gasteiger partial charge in [-0.3, -0.25) is 9.20 Å². The largest absolute Gasteiger partial charge is 0.476 e. The molecule has 112 valence electrons. The van der Waals surface area contributed by atoms with Gasteiger partial charge in [-0.25, -0.2) is 9.78 Å². The molecule has 1 amide bonds. The minimum Gasteiger partial charge on any atom is -0.476 e. The number of carboxylic acids is 1. The van der Waals surface area contributed by atoms with E-state index in [0.717, 1.165) is 0 Å². The fraction of sp³-hybridized carbons (Fsp3) is 0.357. The van der Waals surface area contributed by atoms with E-state index < -0.39 is 5.97 Å². The number of carboxylic acid groups (broad SMARTS) is 1. The molecule has 0 unspecified atom stereocenters. The van der Waals surface area contributed by atoms with Gasteiger partial charge in [0, 0.05) is 19.3 Å². The highest BCUT2D eigenvalue weighted by atomic mass is 16.4. The van der Waals surface area contributed by atoms with E-state index in [1.54, 1.807) is 31.4 Å². The van der Waals surface area contributed by atoms with Crippen molar-refractivity contribution in [1.29, 1.82) is 0 Å². The van der Waals surface area contributed by atoms with E-state index in [9.17, 15) is 14.7 Å². The normalized spacial score (nSPS) is 10.9. The van der Waals surface area contributed by atoms with Crippen LogP contribution in [-0.4, -0.2) is 46.0 Å². The standard InChI is InChI=1S/C14H18N4O3/c1-9(2)15-11(19)8-17(3)13-12(14(20)21)18-7-5-4-6-10(18)16-13/h4-7,9H,8H2,1-3H3,(H,15,19)(H,20,21). The van der Waals surface area contributed by atoms with E-state index in [-0.39, 0.29) is 30.0 Å². The van der Waals surface area contributed by atoms with E-state index in [0.29, 0.717) is 5.65 Å². The Hall–Kier alpha value is -2.57. The Morgan fingerprint density at radius 2 is 2.14 bits per heavy atom. The van der Waals surface area contributed by atoms with Crippen LogP contribution in [0.3, 0.4) is 0 Å². The minimum atomic E-state index is -1.08. The summed E-state index contributed by atoms with van der Waals surface area (Å²) in [5.74, 6) is -0.992. The molecule has 2 aromatic rings. The van der Waals surface area contributed by atoms with Crippen LogP contribution >= 0.6 is 0 Å². The number of carbonyl (C=O) groups is 2. The van der Waals surface area contributed by atoms with Gasteiger partial charge in [0.2, 0.25) is 5.91 Å². The first-order valence-corrected chi connectivity index (χ1v) is 6.61. The molecule has 2 rings (SSSR count). The Kier molecular flexibility index (Phi) is 4.11. The van der Waals surface area contributed by atoms with Crippen molar-refractivity contribution in [2.75, 3.05) is 18.5 Å². The highest BCUT2D eigenvalue weighted by Gasteiger charge is 2.22. The lowest BCUT2D eigenvalue weighted by molar-refractivity contribution is -0.120. The molecule has 0 aromatic carbocycles. The molecule has 0 aliphatic rings. The Bertz CT molecular complexity index is 678. The number of amides is 1. The molecule has 2 aromatic heterocycles. The zero-order valence-electron chi connectivity index (χ0n) is 12.2. The van der Waals surface area contributed by atoms with Gasteiger partial charge in [0.25, 0.3) is 0 Å². The fourth-order valence-electron chi connectivity index (χ4n) is 2.11. The Balaban J connectivity index is 2.34. The van der Waals surface area contributed by atoms with Gasteiger partial charge < -0.3 is 15.3 Å². The number of imidazole rings is 1. The summed E-state index contributed by atoms with van der Waals surface area (Å²) in [5.41, 5.74) is 0.575. The number of nitrogens with zero attached hydrogens (tertiary/aromatic N) is 3. The number of aromatic carboxylic acids is 1. The van der Waals surface area contributed by atoms with Crippen LogP contribution in [0.15, 0.2) is 24.4 Å². The fourth-order valence-corrected chi connectivity index (χ4v) is 2.11. The number of hydrogen-bond acceptors (Lipinski definition) is 4. The van der Waals surface area contributed by atoms with Gasteiger partial charge in [0.1, 0.15) is 5.65 Å². The summed E-state index contributed by atoms with van der Waals surface area (Å²) in [7, 11) is 1.65. The highest BCUT2D eigenvalue weighted by Crippen LogP contribution is 2.20. The number of likely N-dealkylation sites (N-methyl/N-ethyl adjacent to an activating group) is 1. The summed E-state index contributed by atoms with van der Waals surface area (Å²) < 4.78 is 1.49. The van der Waals surface area contributed by atoms with E-state index in [4.69, 9.17) is 0 Å². The third-order valence-electron chi connectivity index (χ3n) is 2.91. The minimum absolute atomic E-state index is 0.0333. The van der Waals surface area contributed by atoms with Crippen molar-refractivity contribution in [2.24, 2.45) is 0 Å². The highest BCUT2D eigenvalue weighted by molar-refractivity contribution is 5.94. The van der Waals surface area contributed by atoms with E-state index in [1.165, 1.54) is 9.30 Å². The van der Waals surface area contributed by atoms with Crippen molar-refractivity contribution in [3.63, 3.8) is 0 Å². The number of nitrogens with one attached hydrogen (secondary N) is 1. The third-order valence-corrected chi connectivity index (χ3v) is 2.91. The quantitative estimate of drug-likeness (QED) is 0.857. The van der Waals surface area contributed by atoms with Crippen molar-refractivity contribution in [2.45, 2.75) is 19.9 Å². The molecule has 0 radical (unpaired) electrons. The summed E-state index contributed by atoms with van der Waals surface area (Å²) in [6, 6.07) is 5.27. The number of fused-ring (bicyclic) bond motifs is 1. The first-order chi connectivity index (χ1) is 9.90. The number of carbonyl (C=O) groups excluding carboxylic acids is 1. The van der Waals surface area contributed by atoms with Crippen molar-refractivity contribution in [1.82, 2.24) is 14.7 Å². The molecule has 0 saturated heterocycles. The predicted molar refractivity (Wildman–Crippen MR) is 78.7 cm³/mol. The average molecular weight is 290 g/mol. The predicted octanol–water partition coefficient (Wildman–Crippen LogP) is 0.993. The molecule has 0 bridgehead atoms. The van der Waals surface area contributed by atoms with Crippen molar-refractivity contribution >= 4 is 23.3 Å². The summed E-state index contributed by atoms with van der Waals surface area (Å²) in [4.78, 5) is 29.1. The molecular weight excluding hydrogens is 272 g/mol. The Morgan fingerprint density at radius 3 is 2.76 bits per heavy atom. The summed E-state index contributed by atoms with van der Waals surface area (Å²) in [6.45, 7) is 3.78. The van der Waals surface area contributed by atoms with E-state index >= 15 is 0 Å². The maximum atomic E-state index is 11.8. The maximum absolute atomic E-state index is 11.8. The van der Waals surface area contributed by atoms with E-state index in [2.05, 4.69) is 10.3 Å². The first-order valence-electron chi connectivity index (χ1n) is 6.61. The SMILES string of the molecule is CC(C)NC(=O)CN(C)c1nc2ccccn2c1C(=O)O. The lowest BCUT2D eigenvalue weighted by atomic mass is 10.3. The Morgan fingerprint density at radius 1 is 1.43 bits per heavy atom. The van der Waals surface area contributed by atoms with Crippen LogP contribution in [-0.2, 0) is 4.79 Å². The van der Waals surface area contributed by atoms with Crippen molar-refractivity contribution in [3.05, 3.63) is 30.1 Å². The molecule has 0 aliphatic carbocycles. The van der Waals surface area contributed by atoms with Gasteiger partial charge in [0.15, 0.2) is 11.5 Å². The molecule has 0 saturated carbocycles. The molecule has 0 spiro atoms. The number of pyridine rings is 1. The number of hydrogen-bond donors (Lipinski definition) is 2. The van der Waals surface area contributed by atoms with Crippen LogP contribution in [0.2, 0.25) is 0 Å². The van der Waals surface area contributed by atoms with Crippen molar-refractivity contribution in [3.8, 4) is 0 Å². The third kappa shape index (κ3) is 3.13. The van der Waals surface area contributed by atoms with Crippen molar-refractivity contribution < 1.29 is 14.7 Å². The van der Waals surface area contributed by atoms with Crippen LogP contribution in [0.5, 0.6) is 0 Å². The number of anilines is 1. The van der Waals surface area contributed by atoms with Crippen LogP contribution in [0.4, 0.5) is 5.82 Å². The smallest absolute Gasteiger partial charge is 0.356 e. The second-order valence-corrected chi connectivity index (χ2v) is 5.10. The van der Waals surface area contributed by atoms with Gasteiger partial charge in [-0.1, -0.05) is 6.07 Å². The molecule has 0 aliphatic heterocycles. The lowest BCUT2D eigenvalue weighted by Gasteiger charge is -2.18. The molecule has 0 atom stereocenters. The van der Waals surface area contributed by atoms with Gasteiger partial charge in [-0.05, 0) is 26.0 Å². The monoisotopic (exact) mass is 290 g/mol. The zero-order valence-corrected chi connectivity index (χ0v) is 12.2. The van der Waals surface area contributed by atoms with E-state index in [1.807, 2.05) is 13.8 Å². The molecule has 2 heterocycles. The summed E-state index contributed by atoms with van der Waals surface area (Å²) >= 11 is 0. The lowest BCUT2D eigenvalue weighted by Crippen LogP contribution is -2.39. The maximum Gasteiger partial charge on any atom is 0.356 e. The molecule has 7 nitrogen and oxygen atoms in total. The molecule has 21 heavy (non-hydrogen) atoms. The first kappa shape index (κ1) is 14.8. The van der Waals surface area contributed by atoms with Gasteiger partial charge in [-0.2, -0.15) is 0 Å². The van der Waals surface area contributed by atoms with Gasteiger partial charge in [0.05, 0.1) is 6.54 Å². The second-order valence-electron chi connectivity index (χ2n) is 5.10. The average Bonchev–Trinajstić information content (AvgIpc) is 2.76. The van der Waals surface area contributed by atoms with Crippen LogP contribution in [0.1, 0.15) is 24.3 Å². The van der Waals surface area contributed by atoms with Gasteiger partial charge >= 0.3 is 5.97 Å². The van der Waals surface area contributed by atoms with Gasteiger partial charge in [-0.15, -0.1) is 0 Å². The summed E-state index contributed by atoms with van der Waals surface area (Å²) in [5, 5.41) is 12.2. The number of rotatable bonds is 5. The second kappa shape index (κ2) is 5.82. The van der Waals surface area contributed by atoms with Crippen LogP contribution in [0.25, 0.3) is 5.65 Å². The van der Waals surface area contributed by atoms with Crippen LogP contribution < -0.4 is 10.2 Å². The molecule has 0 fully saturated rings. The molecule has 2 N–H and O–H groups in total. The topological polar surface area (TPSA) is 86.9 Å². The summed E-state index contributed by atoms with van der Waals surface area (Å²) in [6.07, 6.45) is 1.64. The molecule has 7 heteroatoms.